The number of likely N-dealkylation sites (tertiary alicyclic amines) is 1. The highest BCUT2D eigenvalue weighted by atomic mass is 16.2. The summed E-state index contributed by atoms with van der Waals surface area (Å²) in [6, 6.07) is 9.26. The number of carbonyl (C=O) groups excluding carboxylic acids is 2. The topological polar surface area (TPSA) is 143 Å². The van der Waals surface area contributed by atoms with Crippen LogP contribution in [0.15, 0.2) is 41.3 Å². The molecule has 2 aromatic rings. The van der Waals surface area contributed by atoms with Gasteiger partial charge in [-0.15, -0.1) is 0 Å². The Morgan fingerprint density at radius 3 is 2.23 bits per heavy atom. The van der Waals surface area contributed by atoms with Crippen molar-refractivity contribution in [2.75, 3.05) is 57.7 Å². The van der Waals surface area contributed by atoms with E-state index < -0.39 is 11.2 Å². The van der Waals surface area contributed by atoms with Crippen molar-refractivity contribution in [1.29, 1.82) is 0 Å². The number of hydrogen-bond acceptors (Lipinski definition) is 7. The number of nitrogens with two attached hydrogens (primary N) is 2. The lowest BCUT2D eigenvalue weighted by Gasteiger charge is -2.37. The Kier molecular flexibility index (Phi) is 7.49. The minimum atomic E-state index is -0.945. The lowest BCUT2D eigenvalue weighted by molar-refractivity contribution is -0.137. The Bertz CT molecular complexity index is 1250. The second kappa shape index (κ2) is 10.7. The maximum absolute atomic E-state index is 12.8. The first-order chi connectivity index (χ1) is 18.5. The fraction of sp³-hybridized carbons (Fsp3) is 0.571. The Hall–Kier alpha value is -3.28. The quantitative estimate of drug-likeness (QED) is 0.477. The number of rotatable bonds is 7. The van der Waals surface area contributed by atoms with Gasteiger partial charge in [0.05, 0.1) is 11.2 Å². The smallest absolute Gasteiger partial charge is 0.338 e. The number of amides is 3. The molecule has 0 radical (unpaired) electrons. The van der Waals surface area contributed by atoms with Gasteiger partial charge in [0.25, 0.3) is 0 Å². The number of aromatic nitrogens is 2. The number of piperazine rings is 1. The van der Waals surface area contributed by atoms with Gasteiger partial charge in [0.2, 0.25) is 5.91 Å². The monoisotopic (exact) mass is 536 g/mol. The number of hydrogen-bond donors (Lipinski definition) is 3. The van der Waals surface area contributed by atoms with Crippen LogP contribution in [0.4, 0.5) is 10.6 Å². The van der Waals surface area contributed by atoms with Crippen LogP contribution < -0.4 is 22.5 Å². The summed E-state index contributed by atoms with van der Waals surface area (Å²) in [6.07, 6.45) is 1.62. The van der Waals surface area contributed by atoms with E-state index in [0.29, 0.717) is 32.1 Å². The van der Waals surface area contributed by atoms with E-state index in [0.717, 1.165) is 49.6 Å². The highest BCUT2D eigenvalue weighted by molar-refractivity contribution is 5.89. The van der Waals surface area contributed by atoms with Crippen molar-refractivity contribution in [3.63, 3.8) is 0 Å². The Morgan fingerprint density at radius 1 is 1.05 bits per heavy atom. The molecule has 4 atom stereocenters. The summed E-state index contributed by atoms with van der Waals surface area (Å²) in [5.74, 6) is 2.76. The van der Waals surface area contributed by atoms with Crippen LogP contribution >= 0.6 is 0 Å². The van der Waals surface area contributed by atoms with Gasteiger partial charge in [0.1, 0.15) is 5.82 Å². The third-order valence-electron chi connectivity index (χ3n) is 8.44. The van der Waals surface area contributed by atoms with E-state index in [2.05, 4.69) is 34.3 Å². The molecule has 1 unspecified atom stereocenters. The summed E-state index contributed by atoms with van der Waals surface area (Å²) < 4.78 is 1.46. The first-order valence-electron chi connectivity index (χ1n) is 13.8. The summed E-state index contributed by atoms with van der Waals surface area (Å²) in [7, 11) is 0. The molecule has 1 aliphatic carbocycles. The Balaban J connectivity index is 1.14. The molecule has 3 heterocycles. The van der Waals surface area contributed by atoms with Crippen LogP contribution in [0.25, 0.3) is 5.69 Å². The highest BCUT2D eigenvalue weighted by Crippen LogP contribution is 2.51. The number of nitrogens with one attached hydrogen (secondary N) is 1. The van der Waals surface area contributed by atoms with Crippen LogP contribution in [0, 0.1) is 17.8 Å². The second-order valence-corrected chi connectivity index (χ2v) is 11.8. The standard InChI is InChI=1S/C28H40N8O3/c1-18(15-33-16-22-21(14-29)23(22)17-33)19-4-6-20(7-5-19)36-9-8-24(32-27(36)39)31-26(38)35-12-10-34(11-13-35)25(37)28(2,3)30/h4-9,18,21-23H,10-17,29-30H2,1-3H3,(H,31,32,38,39)/t18?,21-,22-,23+. The number of carbonyl (C=O) groups is 2. The fourth-order valence-corrected chi connectivity index (χ4v) is 6.07. The van der Waals surface area contributed by atoms with Crippen molar-refractivity contribution in [2.45, 2.75) is 32.2 Å². The molecule has 2 aliphatic heterocycles. The zero-order valence-electron chi connectivity index (χ0n) is 23.0. The maximum atomic E-state index is 12.8. The molecule has 11 heteroatoms. The normalized spacial score (nSPS) is 23.9. The van der Waals surface area contributed by atoms with Gasteiger partial charge in [-0.2, -0.15) is 4.98 Å². The van der Waals surface area contributed by atoms with E-state index in [4.69, 9.17) is 11.5 Å². The third kappa shape index (κ3) is 5.85. The number of piperidine rings is 1. The molecule has 1 aromatic carbocycles. The predicted octanol–water partition coefficient (Wildman–Crippen LogP) is 0.886. The van der Waals surface area contributed by atoms with Crippen molar-refractivity contribution >= 4 is 17.8 Å². The van der Waals surface area contributed by atoms with Crippen LogP contribution in [0.2, 0.25) is 0 Å². The number of anilines is 1. The average molecular weight is 537 g/mol. The molecule has 0 spiro atoms. The number of benzene rings is 1. The maximum Gasteiger partial charge on any atom is 0.354 e. The van der Waals surface area contributed by atoms with Gasteiger partial charge in [-0.25, -0.2) is 9.59 Å². The largest absolute Gasteiger partial charge is 0.354 e. The van der Waals surface area contributed by atoms with E-state index in [1.54, 1.807) is 35.9 Å². The average Bonchev–Trinajstić information content (AvgIpc) is 3.39. The SMILES string of the molecule is CC(CN1C[C@@H]2[C@@H](CN)[C@@H]2C1)c1ccc(-n2ccc(NC(=O)N3CCN(C(=O)C(C)(C)N)CC3)nc2=O)cc1. The van der Waals surface area contributed by atoms with Gasteiger partial charge in [0, 0.05) is 52.0 Å². The summed E-state index contributed by atoms with van der Waals surface area (Å²) in [6.45, 7) is 11.3. The molecule has 5 rings (SSSR count). The third-order valence-corrected chi connectivity index (χ3v) is 8.44. The molecule has 3 fully saturated rings. The van der Waals surface area contributed by atoms with Gasteiger partial charge in [-0.3, -0.25) is 14.7 Å². The summed E-state index contributed by atoms with van der Waals surface area (Å²) in [5, 5.41) is 2.70. The molecule has 0 bridgehead atoms. The van der Waals surface area contributed by atoms with Crippen molar-refractivity contribution in [3.8, 4) is 5.69 Å². The van der Waals surface area contributed by atoms with E-state index in [1.807, 2.05) is 12.1 Å². The Morgan fingerprint density at radius 2 is 1.67 bits per heavy atom. The molecule has 11 nitrogen and oxygen atoms in total. The molecule has 3 aliphatic rings. The zero-order valence-corrected chi connectivity index (χ0v) is 23.0. The molecule has 39 heavy (non-hydrogen) atoms. The second-order valence-electron chi connectivity index (χ2n) is 11.8. The van der Waals surface area contributed by atoms with Crippen molar-refractivity contribution in [1.82, 2.24) is 24.3 Å². The van der Waals surface area contributed by atoms with E-state index in [9.17, 15) is 14.4 Å². The van der Waals surface area contributed by atoms with Crippen LogP contribution in [0.5, 0.6) is 0 Å². The minimum absolute atomic E-state index is 0.140. The van der Waals surface area contributed by atoms with Crippen LogP contribution in [0.1, 0.15) is 32.3 Å². The predicted molar refractivity (Wildman–Crippen MR) is 150 cm³/mol. The molecular formula is C28H40N8O3. The molecule has 5 N–H and O–H groups in total. The molecule has 1 aromatic heterocycles. The van der Waals surface area contributed by atoms with Crippen LogP contribution in [-0.2, 0) is 4.79 Å². The lowest BCUT2D eigenvalue weighted by atomic mass is 10.00. The van der Waals surface area contributed by atoms with Crippen molar-refractivity contribution < 1.29 is 9.59 Å². The first-order valence-corrected chi connectivity index (χ1v) is 13.8. The van der Waals surface area contributed by atoms with Crippen LogP contribution in [0.3, 0.4) is 0 Å². The molecule has 3 amide bonds. The first kappa shape index (κ1) is 27.3. The molecule has 1 saturated carbocycles. The summed E-state index contributed by atoms with van der Waals surface area (Å²) in [4.78, 5) is 47.7. The summed E-state index contributed by atoms with van der Waals surface area (Å²) in [5.41, 5.74) is 12.3. The van der Waals surface area contributed by atoms with E-state index >= 15 is 0 Å². The van der Waals surface area contributed by atoms with E-state index in [1.165, 1.54) is 10.1 Å². The highest BCUT2D eigenvalue weighted by Gasteiger charge is 2.54. The molecular weight excluding hydrogens is 496 g/mol. The van der Waals surface area contributed by atoms with Gasteiger partial charge in [0.15, 0.2) is 0 Å². The summed E-state index contributed by atoms with van der Waals surface area (Å²) >= 11 is 0. The van der Waals surface area contributed by atoms with Crippen LogP contribution in [-0.4, -0.2) is 94.1 Å². The van der Waals surface area contributed by atoms with Gasteiger partial charge in [-0.05, 0) is 67.8 Å². The minimum Gasteiger partial charge on any atom is -0.338 e. The van der Waals surface area contributed by atoms with Crippen molar-refractivity contribution in [2.24, 2.45) is 29.2 Å². The van der Waals surface area contributed by atoms with Gasteiger partial charge in [-0.1, -0.05) is 19.1 Å². The van der Waals surface area contributed by atoms with E-state index in [-0.39, 0.29) is 17.8 Å². The van der Waals surface area contributed by atoms with Crippen molar-refractivity contribution in [3.05, 3.63) is 52.6 Å². The lowest BCUT2D eigenvalue weighted by Crippen LogP contribution is -2.58. The zero-order chi connectivity index (χ0) is 27.9. The Labute approximate surface area is 229 Å². The van der Waals surface area contributed by atoms with Gasteiger partial charge >= 0.3 is 11.7 Å². The number of urea groups is 1. The molecule has 210 valence electrons. The number of fused-ring (bicyclic) bond motifs is 1. The fourth-order valence-electron chi connectivity index (χ4n) is 6.07. The van der Waals surface area contributed by atoms with Gasteiger partial charge < -0.3 is 26.2 Å². The number of nitrogens with zero attached hydrogens (tertiary/aromatic N) is 5. The molecule has 2 saturated heterocycles.